The smallest absolute Gasteiger partial charge is 0.258 e. The van der Waals surface area contributed by atoms with Crippen molar-refractivity contribution < 1.29 is 14.4 Å². The summed E-state index contributed by atoms with van der Waals surface area (Å²) in [5.41, 5.74) is 5.07. The van der Waals surface area contributed by atoms with Crippen LogP contribution in [0.1, 0.15) is 26.9 Å². The molecule has 1 aliphatic heterocycles. The maximum Gasteiger partial charge on any atom is 0.258 e. The van der Waals surface area contributed by atoms with E-state index in [4.69, 9.17) is 0 Å². The average molecular weight is 370 g/mol. The molecule has 0 aliphatic carbocycles. The van der Waals surface area contributed by atoms with Crippen molar-refractivity contribution in [2.45, 2.75) is 12.3 Å². The number of carbonyl (C=O) groups is 3. The summed E-state index contributed by atoms with van der Waals surface area (Å²) in [7, 11) is 0. The highest BCUT2D eigenvalue weighted by molar-refractivity contribution is 8.00. The van der Waals surface area contributed by atoms with Crippen LogP contribution in [-0.4, -0.2) is 40.0 Å². The van der Waals surface area contributed by atoms with E-state index in [0.29, 0.717) is 11.3 Å². The number of rotatable bonds is 5. The maximum absolute atomic E-state index is 12.2. The number of aromatic nitrogens is 1. The quantitative estimate of drug-likeness (QED) is 0.831. The molecule has 1 aromatic carbocycles. The summed E-state index contributed by atoms with van der Waals surface area (Å²) in [6.07, 6.45) is 3.00. The van der Waals surface area contributed by atoms with Crippen LogP contribution in [0.3, 0.4) is 0 Å². The predicted molar refractivity (Wildman–Crippen MR) is 97.9 cm³/mol. The second-order valence-corrected chi connectivity index (χ2v) is 6.86. The molecule has 2 aromatic rings. The lowest BCUT2D eigenvalue weighted by Gasteiger charge is -2.24. The highest BCUT2D eigenvalue weighted by atomic mass is 32.2. The first-order valence-corrected chi connectivity index (χ1v) is 9.07. The van der Waals surface area contributed by atoms with Gasteiger partial charge in [0.25, 0.3) is 17.7 Å². The lowest BCUT2D eigenvalue weighted by Crippen LogP contribution is -2.48. The third-order valence-electron chi connectivity index (χ3n) is 3.83. The highest BCUT2D eigenvalue weighted by Crippen LogP contribution is 2.37. The first kappa shape index (κ1) is 17.9. The number of nitrogens with zero attached hydrogens (tertiary/aromatic N) is 2. The summed E-state index contributed by atoms with van der Waals surface area (Å²) < 4.78 is 0. The molecule has 134 valence electrons. The largest absolute Gasteiger partial charge is 0.343 e. The fourth-order valence-corrected chi connectivity index (χ4v) is 3.57. The van der Waals surface area contributed by atoms with Crippen LogP contribution in [0, 0.1) is 6.92 Å². The van der Waals surface area contributed by atoms with E-state index < -0.39 is 5.91 Å². The van der Waals surface area contributed by atoms with Gasteiger partial charge in [0.1, 0.15) is 5.37 Å². The Morgan fingerprint density at radius 1 is 1.19 bits per heavy atom. The van der Waals surface area contributed by atoms with Crippen LogP contribution in [-0.2, 0) is 9.59 Å². The molecule has 8 heteroatoms. The number of hydrazine groups is 1. The molecule has 26 heavy (non-hydrogen) atoms. The minimum absolute atomic E-state index is 0.172. The van der Waals surface area contributed by atoms with Gasteiger partial charge in [-0.2, -0.15) is 0 Å². The van der Waals surface area contributed by atoms with Crippen molar-refractivity contribution in [2.24, 2.45) is 0 Å². The number of pyridine rings is 1. The zero-order chi connectivity index (χ0) is 18.5. The number of nitrogens with one attached hydrogen (secondary N) is 2. The molecule has 1 unspecified atom stereocenters. The zero-order valence-electron chi connectivity index (χ0n) is 14.1. The van der Waals surface area contributed by atoms with E-state index in [0.717, 1.165) is 11.1 Å². The van der Waals surface area contributed by atoms with Crippen molar-refractivity contribution in [3.63, 3.8) is 0 Å². The van der Waals surface area contributed by atoms with Crippen molar-refractivity contribution >= 4 is 29.5 Å². The second kappa shape index (κ2) is 8.01. The van der Waals surface area contributed by atoms with Crippen molar-refractivity contribution in [3.8, 4) is 0 Å². The topological polar surface area (TPSA) is 91.4 Å². The fourth-order valence-electron chi connectivity index (χ4n) is 2.46. The van der Waals surface area contributed by atoms with Gasteiger partial charge in [-0.05, 0) is 24.6 Å². The molecule has 1 atom stereocenters. The molecular weight excluding hydrogens is 352 g/mol. The first-order valence-electron chi connectivity index (χ1n) is 8.02. The normalized spacial score (nSPS) is 16.4. The van der Waals surface area contributed by atoms with Gasteiger partial charge in [0.15, 0.2) is 0 Å². The third-order valence-corrected chi connectivity index (χ3v) is 5.04. The second-order valence-electron chi connectivity index (χ2n) is 5.79. The van der Waals surface area contributed by atoms with E-state index in [1.165, 1.54) is 29.2 Å². The summed E-state index contributed by atoms with van der Waals surface area (Å²) in [6.45, 7) is 1.76. The Morgan fingerprint density at radius 2 is 1.88 bits per heavy atom. The average Bonchev–Trinajstić information content (AvgIpc) is 3.01. The van der Waals surface area contributed by atoms with E-state index in [9.17, 15) is 14.4 Å². The molecule has 3 rings (SSSR count). The number of hydrogen-bond donors (Lipinski definition) is 2. The van der Waals surface area contributed by atoms with Gasteiger partial charge in [0.2, 0.25) is 0 Å². The van der Waals surface area contributed by atoms with Gasteiger partial charge in [0, 0.05) is 18.0 Å². The molecule has 2 heterocycles. The Morgan fingerprint density at radius 3 is 2.58 bits per heavy atom. The third kappa shape index (κ3) is 4.20. The number of hydrogen-bond acceptors (Lipinski definition) is 5. The van der Waals surface area contributed by atoms with Crippen LogP contribution in [0.5, 0.6) is 0 Å². The summed E-state index contributed by atoms with van der Waals surface area (Å²) >= 11 is 1.45. The molecule has 3 amide bonds. The van der Waals surface area contributed by atoms with Gasteiger partial charge in [-0.25, -0.2) is 5.01 Å². The van der Waals surface area contributed by atoms with E-state index >= 15 is 0 Å². The Labute approximate surface area is 155 Å². The molecule has 1 fully saturated rings. The van der Waals surface area contributed by atoms with E-state index in [1.807, 2.05) is 31.2 Å². The number of thioether (sulfide) groups is 1. The van der Waals surface area contributed by atoms with Gasteiger partial charge >= 0.3 is 0 Å². The summed E-state index contributed by atoms with van der Waals surface area (Å²) in [5, 5.41) is 3.58. The Hall–Kier alpha value is -2.87. The van der Waals surface area contributed by atoms with Crippen molar-refractivity contribution in [2.75, 3.05) is 12.3 Å². The van der Waals surface area contributed by atoms with Gasteiger partial charge in [-0.3, -0.25) is 24.8 Å². The van der Waals surface area contributed by atoms with E-state index in [-0.39, 0.29) is 23.7 Å². The van der Waals surface area contributed by atoms with Gasteiger partial charge in [0.05, 0.1) is 12.3 Å². The van der Waals surface area contributed by atoms with Crippen molar-refractivity contribution in [3.05, 3.63) is 65.5 Å². The fraction of sp³-hybridized carbons (Fsp3) is 0.222. The summed E-state index contributed by atoms with van der Waals surface area (Å²) in [5.74, 6) is -0.711. The van der Waals surface area contributed by atoms with Gasteiger partial charge in [-0.15, -0.1) is 11.8 Å². The van der Waals surface area contributed by atoms with Crippen molar-refractivity contribution in [1.82, 2.24) is 20.7 Å². The van der Waals surface area contributed by atoms with E-state index in [1.54, 1.807) is 12.1 Å². The molecule has 1 aromatic heterocycles. The van der Waals surface area contributed by atoms with Crippen LogP contribution in [0.4, 0.5) is 0 Å². The molecule has 0 bridgehead atoms. The monoisotopic (exact) mass is 370 g/mol. The van der Waals surface area contributed by atoms with Crippen LogP contribution in [0.25, 0.3) is 0 Å². The number of aryl methyl sites for hydroxylation is 1. The minimum Gasteiger partial charge on any atom is -0.343 e. The Bertz CT molecular complexity index is 811. The highest BCUT2D eigenvalue weighted by Gasteiger charge is 2.34. The molecule has 7 nitrogen and oxygen atoms in total. The molecule has 1 saturated heterocycles. The molecule has 2 N–H and O–H groups in total. The molecule has 0 radical (unpaired) electrons. The van der Waals surface area contributed by atoms with Crippen LogP contribution in [0.15, 0.2) is 48.8 Å². The Kier molecular flexibility index (Phi) is 5.52. The van der Waals surface area contributed by atoms with Gasteiger partial charge in [-0.1, -0.05) is 29.8 Å². The van der Waals surface area contributed by atoms with Crippen LogP contribution in [0.2, 0.25) is 0 Å². The summed E-state index contributed by atoms with van der Waals surface area (Å²) in [4.78, 5) is 40.1. The lowest BCUT2D eigenvalue weighted by atomic mass is 10.1. The standard InChI is InChI=1S/C18H18N4O3S/c1-12-2-4-14(5-3-12)18-22(16(24)11-26-18)21-15(23)10-20-17(25)13-6-8-19-9-7-13/h2-9,18H,10-11H2,1H3,(H,20,25)(H,21,23). The molecular formula is C18H18N4O3S. The maximum atomic E-state index is 12.2. The van der Waals surface area contributed by atoms with Crippen LogP contribution >= 0.6 is 11.8 Å². The summed E-state index contributed by atoms with van der Waals surface area (Å²) in [6, 6.07) is 10.9. The zero-order valence-corrected chi connectivity index (χ0v) is 15.0. The van der Waals surface area contributed by atoms with Gasteiger partial charge < -0.3 is 5.32 Å². The Balaban J connectivity index is 1.59. The van der Waals surface area contributed by atoms with E-state index in [2.05, 4.69) is 15.7 Å². The number of amides is 3. The van der Waals surface area contributed by atoms with Crippen LogP contribution < -0.4 is 10.7 Å². The molecule has 0 saturated carbocycles. The first-order chi connectivity index (χ1) is 12.5. The predicted octanol–water partition coefficient (Wildman–Crippen LogP) is 1.43. The molecule has 0 spiro atoms. The lowest BCUT2D eigenvalue weighted by molar-refractivity contribution is -0.138. The van der Waals surface area contributed by atoms with Crippen molar-refractivity contribution in [1.29, 1.82) is 0 Å². The SMILES string of the molecule is Cc1ccc(C2SCC(=O)N2NC(=O)CNC(=O)c2ccncc2)cc1. The number of benzene rings is 1. The molecule has 1 aliphatic rings. The number of carbonyl (C=O) groups excluding carboxylic acids is 3. The minimum atomic E-state index is -0.458.